The Morgan fingerprint density at radius 3 is 2.81 bits per heavy atom. The van der Waals surface area contributed by atoms with E-state index >= 15 is 0 Å². The van der Waals surface area contributed by atoms with Gasteiger partial charge in [0.1, 0.15) is 5.70 Å². The molecule has 1 rings (SSSR count). The molecule has 0 unspecified atom stereocenters. The van der Waals surface area contributed by atoms with E-state index in [-0.39, 0.29) is 17.0 Å². The van der Waals surface area contributed by atoms with Gasteiger partial charge in [0.05, 0.1) is 6.61 Å². The van der Waals surface area contributed by atoms with Crippen LogP contribution < -0.4 is 0 Å². The van der Waals surface area contributed by atoms with E-state index in [4.69, 9.17) is 4.74 Å². The average molecular weight is 225 g/mol. The first-order chi connectivity index (χ1) is 7.39. The van der Waals surface area contributed by atoms with Gasteiger partial charge in [-0.05, 0) is 24.3 Å². The topological polar surface area (TPSA) is 58.9 Å². The van der Waals surface area contributed by atoms with Gasteiger partial charge in [0.15, 0.2) is 5.90 Å². The van der Waals surface area contributed by atoms with Crippen molar-refractivity contribution in [2.45, 2.75) is 34.1 Å². The minimum absolute atomic E-state index is 0.00162. The predicted molar refractivity (Wildman–Crippen MR) is 62.3 cm³/mol. The van der Waals surface area contributed by atoms with E-state index in [1.54, 1.807) is 13.0 Å². The summed E-state index contributed by atoms with van der Waals surface area (Å²) in [5, 5.41) is 9.58. The largest absolute Gasteiger partial charge is 0.496 e. The summed E-state index contributed by atoms with van der Waals surface area (Å²) >= 11 is 0. The Hall–Kier alpha value is -1.32. The summed E-state index contributed by atoms with van der Waals surface area (Å²) in [5.41, 5.74) is -0.0321. The number of nitrogens with zero attached hydrogens (tertiary/aromatic N) is 1. The van der Waals surface area contributed by atoms with Crippen LogP contribution in [0.3, 0.4) is 0 Å². The maximum atomic E-state index is 11.5. The second kappa shape index (κ2) is 4.68. The fraction of sp³-hybridized carbons (Fsp3) is 0.667. The van der Waals surface area contributed by atoms with Crippen molar-refractivity contribution in [1.82, 2.24) is 0 Å². The fourth-order valence-corrected chi connectivity index (χ4v) is 1.60. The van der Waals surface area contributed by atoms with Crippen LogP contribution in [0.1, 0.15) is 34.1 Å². The number of hydrogen-bond donors (Lipinski definition) is 1. The molecule has 16 heavy (non-hydrogen) atoms. The zero-order valence-corrected chi connectivity index (χ0v) is 10.3. The smallest absolute Gasteiger partial charge is 0.356 e. The number of allylic oxidation sites excluding steroid dienone is 1. The summed E-state index contributed by atoms with van der Waals surface area (Å²) in [6.45, 7) is 8.16. The molecule has 1 aliphatic heterocycles. The van der Waals surface area contributed by atoms with E-state index in [0.29, 0.717) is 18.9 Å². The first-order valence-corrected chi connectivity index (χ1v) is 5.55. The molecule has 1 heterocycles. The lowest BCUT2D eigenvalue weighted by Gasteiger charge is -2.32. The molecule has 0 aromatic heterocycles. The summed E-state index contributed by atoms with van der Waals surface area (Å²) in [7, 11) is 0. The van der Waals surface area contributed by atoms with E-state index in [1.165, 1.54) is 0 Å². The number of carbonyl (C=O) groups is 1. The molecule has 0 radical (unpaired) electrons. The van der Waals surface area contributed by atoms with Crippen LogP contribution in [0.2, 0.25) is 0 Å². The molecule has 0 saturated heterocycles. The molecule has 0 aliphatic carbocycles. The van der Waals surface area contributed by atoms with Crippen LogP contribution >= 0.6 is 0 Å². The molecule has 1 N–H and O–H groups in total. The summed E-state index contributed by atoms with van der Waals surface area (Å²) in [6, 6.07) is 0. The van der Waals surface area contributed by atoms with Crippen LogP contribution in [0.15, 0.2) is 16.8 Å². The number of ether oxygens (including phenoxy) is 1. The highest BCUT2D eigenvalue weighted by Gasteiger charge is 2.33. The molecule has 0 bridgehead atoms. The average Bonchev–Trinajstić information content (AvgIpc) is 2.16. The molecule has 4 nitrogen and oxygen atoms in total. The molecule has 0 aromatic carbocycles. The molecule has 90 valence electrons. The van der Waals surface area contributed by atoms with Gasteiger partial charge >= 0.3 is 5.97 Å². The van der Waals surface area contributed by atoms with Crippen LogP contribution in [0, 0.1) is 11.3 Å². The van der Waals surface area contributed by atoms with Crippen molar-refractivity contribution in [2.75, 3.05) is 6.61 Å². The van der Waals surface area contributed by atoms with Gasteiger partial charge in [-0.2, -0.15) is 0 Å². The van der Waals surface area contributed by atoms with Crippen molar-refractivity contribution in [2.24, 2.45) is 16.3 Å². The van der Waals surface area contributed by atoms with E-state index in [9.17, 15) is 9.90 Å². The normalized spacial score (nSPS) is 25.1. The van der Waals surface area contributed by atoms with Crippen LogP contribution in [-0.4, -0.2) is 23.6 Å². The van der Waals surface area contributed by atoms with Gasteiger partial charge < -0.3 is 9.84 Å². The molecular formula is C12H19NO3. The summed E-state index contributed by atoms with van der Waals surface area (Å²) < 4.78 is 4.88. The standard InChI is InChI=1S/C12H19NO3/c1-5-16-11(15)9-6-12(4,8(2)3)7-10(14)13-9/h6,8H,5,7H2,1-4H3,(H,13,14)/t12-/m0/s1. The number of esters is 1. The predicted octanol–water partition coefficient (Wildman–Crippen LogP) is 2.46. The lowest BCUT2D eigenvalue weighted by molar-refractivity contribution is -0.138. The van der Waals surface area contributed by atoms with Crippen molar-refractivity contribution >= 4 is 11.9 Å². The highest BCUT2D eigenvalue weighted by Crippen LogP contribution is 2.37. The number of rotatable bonds is 3. The van der Waals surface area contributed by atoms with Gasteiger partial charge in [0, 0.05) is 6.42 Å². The third kappa shape index (κ3) is 2.62. The zero-order valence-electron chi connectivity index (χ0n) is 10.3. The Morgan fingerprint density at radius 2 is 2.31 bits per heavy atom. The Bertz CT molecular complexity index is 344. The third-order valence-electron chi connectivity index (χ3n) is 3.06. The van der Waals surface area contributed by atoms with Crippen molar-refractivity contribution in [3.63, 3.8) is 0 Å². The quantitative estimate of drug-likeness (QED) is 0.750. The Kier molecular flexibility index (Phi) is 3.73. The molecule has 0 spiro atoms. The van der Waals surface area contributed by atoms with Crippen molar-refractivity contribution < 1.29 is 14.6 Å². The highest BCUT2D eigenvalue weighted by molar-refractivity contribution is 5.93. The number of aliphatic hydroxyl groups excluding tert-OH is 1. The Labute approximate surface area is 96.0 Å². The number of carbonyl (C=O) groups excluding carboxylic acids is 1. The van der Waals surface area contributed by atoms with Gasteiger partial charge in [0.25, 0.3) is 0 Å². The van der Waals surface area contributed by atoms with Crippen LogP contribution in [0.5, 0.6) is 0 Å². The summed E-state index contributed by atoms with van der Waals surface area (Å²) in [6.07, 6.45) is 2.27. The van der Waals surface area contributed by atoms with Gasteiger partial charge in [0.2, 0.25) is 0 Å². The van der Waals surface area contributed by atoms with Gasteiger partial charge in [-0.15, -0.1) is 0 Å². The molecular weight excluding hydrogens is 206 g/mol. The SMILES string of the molecule is CCOC(=O)C1=C[C@](C)(C(C)C)CC(O)=N1. The van der Waals surface area contributed by atoms with E-state index in [0.717, 1.165) is 0 Å². The Morgan fingerprint density at radius 1 is 1.69 bits per heavy atom. The lowest BCUT2D eigenvalue weighted by atomic mass is 9.74. The second-order valence-corrected chi connectivity index (χ2v) is 4.62. The first kappa shape index (κ1) is 12.7. The van der Waals surface area contributed by atoms with Crippen LogP contribution in [0.25, 0.3) is 0 Å². The fourth-order valence-electron chi connectivity index (χ4n) is 1.60. The molecule has 0 saturated carbocycles. The monoisotopic (exact) mass is 225 g/mol. The van der Waals surface area contributed by atoms with E-state index < -0.39 is 5.97 Å². The van der Waals surface area contributed by atoms with Gasteiger partial charge in [-0.1, -0.05) is 20.8 Å². The number of aliphatic imine (C=N–C) groups is 1. The zero-order chi connectivity index (χ0) is 12.3. The minimum atomic E-state index is -0.472. The minimum Gasteiger partial charge on any atom is -0.496 e. The molecule has 4 heteroatoms. The third-order valence-corrected chi connectivity index (χ3v) is 3.06. The van der Waals surface area contributed by atoms with Crippen LogP contribution in [0.4, 0.5) is 0 Å². The highest BCUT2D eigenvalue weighted by atomic mass is 16.5. The maximum Gasteiger partial charge on any atom is 0.356 e. The molecule has 0 amide bonds. The molecule has 1 atom stereocenters. The van der Waals surface area contributed by atoms with Crippen molar-refractivity contribution in [3.05, 3.63) is 11.8 Å². The van der Waals surface area contributed by atoms with E-state index in [2.05, 4.69) is 18.8 Å². The first-order valence-electron chi connectivity index (χ1n) is 5.55. The molecule has 0 fully saturated rings. The van der Waals surface area contributed by atoms with Crippen molar-refractivity contribution in [3.8, 4) is 0 Å². The van der Waals surface area contributed by atoms with E-state index in [1.807, 2.05) is 6.92 Å². The van der Waals surface area contributed by atoms with Crippen molar-refractivity contribution in [1.29, 1.82) is 0 Å². The van der Waals surface area contributed by atoms with Gasteiger partial charge in [-0.3, -0.25) is 0 Å². The molecule has 0 aromatic rings. The summed E-state index contributed by atoms with van der Waals surface area (Å²) in [4.78, 5) is 15.4. The van der Waals surface area contributed by atoms with Crippen LogP contribution in [-0.2, 0) is 9.53 Å². The molecule has 1 aliphatic rings. The lowest BCUT2D eigenvalue weighted by Crippen LogP contribution is -2.29. The van der Waals surface area contributed by atoms with Gasteiger partial charge in [-0.25, -0.2) is 9.79 Å². The number of aliphatic hydroxyl groups is 1. The Balaban J connectivity index is 2.99. The number of hydrogen-bond acceptors (Lipinski definition) is 3. The second-order valence-electron chi connectivity index (χ2n) is 4.62. The summed E-state index contributed by atoms with van der Waals surface area (Å²) in [5.74, 6) is -0.156. The maximum absolute atomic E-state index is 11.5.